The van der Waals surface area contributed by atoms with Crippen molar-refractivity contribution in [2.75, 3.05) is 11.9 Å². The van der Waals surface area contributed by atoms with Crippen molar-refractivity contribution in [2.24, 2.45) is 0 Å². The molecule has 3 rings (SSSR count). The number of benzene rings is 1. The van der Waals surface area contributed by atoms with Crippen molar-refractivity contribution in [3.63, 3.8) is 0 Å². The molecule has 20 heavy (non-hydrogen) atoms. The van der Waals surface area contributed by atoms with Gasteiger partial charge < -0.3 is 4.90 Å². The molecule has 1 amide bonds. The Bertz CT molecular complexity index is 632. The molecule has 1 aromatic heterocycles. The van der Waals surface area contributed by atoms with Crippen LogP contribution in [0.25, 0.3) is 0 Å². The first-order valence-electron chi connectivity index (χ1n) is 6.79. The SMILES string of the molecule is CN(C(=O)c1csc2c1CCCC2)c1ccc(F)cc1. The minimum absolute atomic E-state index is 0.00370. The molecule has 0 saturated carbocycles. The van der Waals surface area contributed by atoms with Gasteiger partial charge in [-0.15, -0.1) is 11.3 Å². The summed E-state index contributed by atoms with van der Waals surface area (Å²) in [4.78, 5) is 15.5. The molecule has 1 aliphatic rings. The molecule has 1 aliphatic carbocycles. The molecule has 0 N–H and O–H groups in total. The number of thiophene rings is 1. The van der Waals surface area contributed by atoms with Crippen LogP contribution in [0.3, 0.4) is 0 Å². The highest BCUT2D eigenvalue weighted by Crippen LogP contribution is 2.31. The van der Waals surface area contributed by atoms with Crippen molar-refractivity contribution in [2.45, 2.75) is 25.7 Å². The van der Waals surface area contributed by atoms with E-state index in [4.69, 9.17) is 0 Å². The second kappa shape index (κ2) is 5.37. The number of fused-ring (bicyclic) bond motifs is 1. The van der Waals surface area contributed by atoms with E-state index in [0.717, 1.165) is 24.8 Å². The summed E-state index contributed by atoms with van der Waals surface area (Å²) in [6.07, 6.45) is 4.46. The maximum absolute atomic E-state index is 12.9. The van der Waals surface area contributed by atoms with Crippen LogP contribution in [-0.4, -0.2) is 13.0 Å². The zero-order chi connectivity index (χ0) is 14.1. The Kier molecular flexibility index (Phi) is 3.57. The Hall–Kier alpha value is -1.68. The molecule has 0 unspecified atom stereocenters. The van der Waals surface area contributed by atoms with Crippen molar-refractivity contribution in [1.82, 2.24) is 0 Å². The van der Waals surface area contributed by atoms with Gasteiger partial charge in [-0.1, -0.05) is 0 Å². The molecule has 4 heteroatoms. The fraction of sp³-hybridized carbons (Fsp3) is 0.312. The Labute approximate surface area is 121 Å². The van der Waals surface area contributed by atoms with Gasteiger partial charge in [0.15, 0.2) is 0 Å². The van der Waals surface area contributed by atoms with Crippen LogP contribution in [0.5, 0.6) is 0 Å². The molecule has 2 aromatic rings. The summed E-state index contributed by atoms with van der Waals surface area (Å²) in [5.41, 5.74) is 2.75. The average Bonchev–Trinajstić information content (AvgIpc) is 2.90. The van der Waals surface area contributed by atoms with Gasteiger partial charge in [0.25, 0.3) is 5.91 Å². The lowest BCUT2D eigenvalue weighted by Crippen LogP contribution is -2.27. The van der Waals surface area contributed by atoms with Crippen molar-refractivity contribution >= 4 is 22.9 Å². The average molecular weight is 289 g/mol. The predicted octanol–water partition coefficient (Wildman–Crippen LogP) is 4.04. The molecule has 0 spiro atoms. The summed E-state index contributed by atoms with van der Waals surface area (Å²) in [6.45, 7) is 0. The van der Waals surface area contributed by atoms with E-state index in [9.17, 15) is 9.18 Å². The lowest BCUT2D eigenvalue weighted by atomic mass is 9.95. The number of hydrogen-bond acceptors (Lipinski definition) is 2. The highest BCUT2D eigenvalue weighted by Gasteiger charge is 2.22. The maximum atomic E-state index is 12.9. The molecular weight excluding hydrogens is 273 g/mol. The van der Waals surface area contributed by atoms with Crippen LogP contribution in [0.2, 0.25) is 0 Å². The van der Waals surface area contributed by atoms with Crippen molar-refractivity contribution in [1.29, 1.82) is 0 Å². The normalized spacial score (nSPS) is 13.9. The molecule has 0 bridgehead atoms. The molecule has 104 valence electrons. The Morgan fingerprint density at radius 3 is 2.65 bits per heavy atom. The molecule has 2 nitrogen and oxygen atoms in total. The lowest BCUT2D eigenvalue weighted by Gasteiger charge is -2.19. The third-order valence-corrected chi connectivity index (χ3v) is 4.90. The van der Waals surface area contributed by atoms with E-state index < -0.39 is 0 Å². The highest BCUT2D eigenvalue weighted by molar-refractivity contribution is 7.10. The van der Waals surface area contributed by atoms with Crippen LogP contribution in [-0.2, 0) is 12.8 Å². The van der Waals surface area contributed by atoms with E-state index in [-0.39, 0.29) is 11.7 Å². The zero-order valence-electron chi connectivity index (χ0n) is 11.4. The first kappa shape index (κ1) is 13.3. The Morgan fingerprint density at radius 1 is 1.20 bits per heavy atom. The maximum Gasteiger partial charge on any atom is 0.259 e. The van der Waals surface area contributed by atoms with Gasteiger partial charge in [-0.2, -0.15) is 0 Å². The molecule has 0 fully saturated rings. The number of carbonyl (C=O) groups is 1. The number of aryl methyl sites for hydroxylation is 1. The summed E-state index contributed by atoms with van der Waals surface area (Å²) in [5, 5.41) is 1.97. The number of halogens is 1. The van der Waals surface area contributed by atoms with E-state index in [1.165, 1.54) is 29.0 Å². The zero-order valence-corrected chi connectivity index (χ0v) is 12.2. The molecule has 1 heterocycles. The van der Waals surface area contributed by atoms with E-state index in [1.54, 1.807) is 35.4 Å². The van der Waals surface area contributed by atoms with E-state index in [2.05, 4.69) is 0 Å². The number of amides is 1. The van der Waals surface area contributed by atoms with Crippen molar-refractivity contribution in [3.8, 4) is 0 Å². The molecule has 0 atom stereocenters. The summed E-state index contributed by atoms with van der Waals surface area (Å²) in [7, 11) is 1.74. The predicted molar refractivity (Wildman–Crippen MR) is 80.1 cm³/mol. The first-order chi connectivity index (χ1) is 9.66. The molecule has 0 aliphatic heterocycles. The monoisotopic (exact) mass is 289 g/mol. The van der Waals surface area contributed by atoms with Crippen LogP contribution in [0, 0.1) is 5.82 Å². The second-order valence-corrected chi connectivity index (χ2v) is 6.06. The van der Waals surface area contributed by atoms with Crippen LogP contribution in [0.4, 0.5) is 10.1 Å². The van der Waals surface area contributed by atoms with Crippen molar-refractivity contribution < 1.29 is 9.18 Å². The number of anilines is 1. The molecule has 1 aromatic carbocycles. The van der Waals surface area contributed by atoms with Gasteiger partial charge in [0, 0.05) is 23.0 Å². The summed E-state index contributed by atoms with van der Waals surface area (Å²) in [6, 6.07) is 6.02. The number of carbonyl (C=O) groups excluding carboxylic acids is 1. The van der Waals surface area contributed by atoms with Gasteiger partial charge in [0.1, 0.15) is 5.82 Å². The quantitative estimate of drug-likeness (QED) is 0.817. The molecular formula is C16H16FNOS. The number of rotatable bonds is 2. The first-order valence-corrected chi connectivity index (χ1v) is 7.67. The van der Waals surface area contributed by atoms with E-state index in [1.807, 2.05) is 5.38 Å². The van der Waals surface area contributed by atoms with E-state index >= 15 is 0 Å². The minimum atomic E-state index is -0.289. The van der Waals surface area contributed by atoms with E-state index in [0.29, 0.717) is 5.69 Å². The van der Waals surface area contributed by atoms with Crippen LogP contribution < -0.4 is 4.90 Å². The number of hydrogen-bond donors (Lipinski definition) is 0. The van der Waals surface area contributed by atoms with Gasteiger partial charge in [0.05, 0.1) is 5.56 Å². The second-order valence-electron chi connectivity index (χ2n) is 5.10. The lowest BCUT2D eigenvalue weighted by molar-refractivity contribution is 0.0992. The fourth-order valence-corrected chi connectivity index (χ4v) is 3.76. The van der Waals surface area contributed by atoms with Crippen molar-refractivity contribution in [3.05, 3.63) is 51.5 Å². The largest absolute Gasteiger partial charge is 0.311 e. The van der Waals surface area contributed by atoms with Gasteiger partial charge in [-0.25, -0.2) is 4.39 Å². The third kappa shape index (κ3) is 2.36. The van der Waals surface area contributed by atoms with Gasteiger partial charge in [-0.3, -0.25) is 4.79 Å². The standard InChI is InChI=1S/C16H16FNOS/c1-18(12-8-6-11(17)7-9-12)16(19)14-10-20-15-5-3-2-4-13(14)15/h6-10H,2-5H2,1H3. The van der Waals surface area contributed by atoms with Gasteiger partial charge in [-0.05, 0) is 55.5 Å². The summed E-state index contributed by atoms with van der Waals surface area (Å²) >= 11 is 1.69. The molecule has 0 radical (unpaired) electrons. The topological polar surface area (TPSA) is 20.3 Å². The highest BCUT2D eigenvalue weighted by atomic mass is 32.1. The Morgan fingerprint density at radius 2 is 1.90 bits per heavy atom. The van der Waals surface area contributed by atoms with Gasteiger partial charge >= 0.3 is 0 Å². The van der Waals surface area contributed by atoms with Crippen LogP contribution >= 0.6 is 11.3 Å². The fourth-order valence-electron chi connectivity index (χ4n) is 2.64. The minimum Gasteiger partial charge on any atom is -0.311 e. The van der Waals surface area contributed by atoms with Crippen LogP contribution in [0.1, 0.15) is 33.6 Å². The summed E-state index contributed by atoms with van der Waals surface area (Å²) in [5.74, 6) is -0.293. The smallest absolute Gasteiger partial charge is 0.259 e. The molecule has 0 saturated heterocycles. The summed E-state index contributed by atoms with van der Waals surface area (Å²) < 4.78 is 12.9. The Balaban J connectivity index is 1.88. The van der Waals surface area contributed by atoms with Gasteiger partial charge in [0.2, 0.25) is 0 Å². The number of nitrogens with zero attached hydrogens (tertiary/aromatic N) is 1. The van der Waals surface area contributed by atoms with Crippen LogP contribution in [0.15, 0.2) is 29.6 Å². The third-order valence-electron chi connectivity index (χ3n) is 3.81.